The van der Waals surface area contributed by atoms with Crippen LogP contribution in [0.15, 0.2) is 71.9 Å². The summed E-state index contributed by atoms with van der Waals surface area (Å²) >= 11 is 0. The fourth-order valence-electron chi connectivity index (χ4n) is 4.98. The van der Waals surface area contributed by atoms with Gasteiger partial charge < -0.3 is 9.80 Å². The molecule has 0 saturated carbocycles. The Morgan fingerprint density at radius 3 is 2.27 bits per heavy atom. The van der Waals surface area contributed by atoms with E-state index >= 15 is 0 Å². The number of hydrogen-bond acceptors (Lipinski definition) is 4. The summed E-state index contributed by atoms with van der Waals surface area (Å²) in [5.74, 6) is 0. The molecule has 0 bridgehead atoms. The molecule has 1 unspecified atom stereocenters. The van der Waals surface area contributed by atoms with Crippen LogP contribution in [0, 0.1) is 20.8 Å². The standard InChI is InChI=1S/C26H32N4O2S/c1-20-16-21(2)26(22(3)17-20)33(31,32)28-19-25(23-8-7-11-27-18-23)30-14-12-29(13-15-30)24-9-5-4-6-10-24/h4-11,16-18,25,28H,12-15,19H2,1-3H3/p+1. The molecule has 7 heteroatoms. The van der Waals surface area contributed by atoms with Crippen molar-refractivity contribution in [3.05, 3.63) is 89.2 Å². The molecule has 0 spiro atoms. The van der Waals surface area contributed by atoms with Gasteiger partial charge in [-0.2, -0.15) is 0 Å². The first-order chi connectivity index (χ1) is 15.8. The predicted octanol–water partition coefficient (Wildman–Crippen LogP) is 2.43. The Balaban J connectivity index is 1.52. The number of anilines is 1. The Labute approximate surface area is 197 Å². The van der Waals surface area contributed by atoms with Gasteiger partial charge in [0.05, 0.1) is 37.6 Å². The molecule has 2 heterocycles. The Morgan fingerprint density at radius 1 is 1.00 bits per heavy atom. The van der Waals surface area contributed by atoms with E-state index in [-0.39, 0.29) is 6.04 Å². The zero-order valence-electron chi connectivity index (χ0n) is 19.6. The van der Waals surface area contributed by atoms with E-state index in [1.54, 1.807) is 6.20 Å². The number of rotatable bonds is 7. The highest BCUT2D eigenvalue weighted by molar-refractivity contribution is 7.89. The molecule has 6 nitrogen and oxygen atoms in total. The van der Waals surface area contributed by atoms with Crippen LogP contribution in [-0.2, 0) is 10.0 Å². The van der Waals surface area contributed by atoms with Crippen LogP contribution in [0.5, 0.6) is 0 Å². The highest BCUT2D eigenvalue weighted by Gasteiger charge is 2.31. The maximum absolute atomic E-state index is 13.3. The molecule has 174 valence electrons. The Morgan fingerprint density at radius 2 is 1.67 bits per heavy atom. The highest BCUT2D eigenvalue weighted by Crippen LogP contribution is 2.22. The van der Waals surface area contributed by atoms with Crippen LogP contribution in [0.2, 0.25) is 0 Å². The van der Waals surface area contributed by atoms with Crippen molar-refractivity contribution in [3.8, 4) is 0 Å². The normalized spacial score (nSPS) is 16.0. The molecule has 2 N–H and O–H groups in total. The van der Waals surface area contributed by atoms with Crippen molar-refractivity contribution in [3.63, 3.8) is 0 Å². The second-order valence-electron chi connectivity index (χ2n) is 8.90. The summed E-state index contributed by atoms with van der Waals surface area (Å²) in [6.45, 7) is 9.76. The van der Waals surface area contributed by atoms with E-state index in [0.717, 1.165) is 48.4 Å². The first kappa shape index (κ1) is 23.4. The van der Waals surface area contributed by atoms with E-state index < -0.39 is 10.0 Å². The van der Waals surface area contributed by atoms with Gasteiger partial charge in [0.2, 0.25) is 10.0 Å². The lowest BCUT2D eigenvalue weighted by molar-refractivity contribution is -0.930. The summed E-state index contributed by atoms with van der Waals surface area (Å²) in [6, 6.07) is 18.3. The minimum atomic E-state index is -3.63. The van der Waals surface area contributed by atoms with E-state index in [2.05, 4.69) is 38.9 Å². The number of para-hydroxylation sites is 1. The number of nitrogens with one attached hydrogen (secondary N) is 2. The van der Waals surface area contributed by atoms with Gasteiger partial charge >= 0.3 is 0 Å². The average Bonchev–Trinajstić information content (AvgIpc) is 2.80. The summed E-state index contributed by atoms with van der Waals surface area (Å²) in [4.78, 5) is 8.46. The van der Waals surface area contributed by atoms with Crippen LogP contribution < -0.4 is 14.5 Å². The van der Waals surface area contributed by atoms with Crippen molar-refractivity contribution in [2.45, 2.75) is 31.7 Å². The van der Waals surface area contributed by atoms with Crippen molar-refractivity contribution in [1.82, 2.24) is 9.71 Å². The minimum absolute atomic E-state index is 0.00235. The van der Waals surface area contributed by atoms with E-state index in [1.807, 2.05) is 57.3 Å². The maximum atomic E-state index is 13.3. The number of pyridine rings is 1. The molecule has 33 heavy (non-hydrogen) atoms. The van der Waals surface area contributed by atoms with Gasteiger partial charge in [0.25, 0.3) is 0 Å². The van der Waals surface area contributed by atoms with Crippen LogP contribution in [0.4, 0.5) is 5.69 Å². The molecule has 1 fully saturated rings. The number of piperazine rings is 1. The largest absolute Gasteiger partial charge is 0.360 e. The number of nitrogens with zero attached hydrogens (tertiary/aromatic N) is 2. The highest BCUT2D eigenvalue weighted by atomic mass is 32.2. The van der Waals surface area contributed by atoms with Gasteiger partial charge in [0, 0.05) is 23.6 Å². The first-order valence-corrected chi connectivity index (χ1v) is 13.0. The zero-order chi connectivity index (χ0) is 23.4. The SMILES string of the molecule is Cc1cc(C)c(S(=O)(=O)NCC(c2cccnc2)[NH+]2CCN(c3ccccc3)CC2)c(C)c1. The number of aryl methyl sites for hydroxylation is 3. The Bertz CT molecular complexity index is 1150. The summed E-state index contributed by atoms with van der Waals surface area (Å²) in [7, 11) is -3.63. The smallest absolute Gasteiger partial charge is 0.241 e. The van der Waals surface area contributed by atoms with Gasteiger partial charge in [-0.3, -0.25) is 4.98 Å². The molecule has 1 aliphatic rings. The number of hydrogen-bond donors (Lipinski definition) is 2. The number of aromatic nitrogens is 1. The van der Waals surface area contributed by atoms with Crippen molar-refractivity contribution in [2.75, 3.05) is 37.6 Å². The van der Waals surface area contributed by atoms with Crippen molar-refractivity contribution in [2.24, 2.45) is 0 Å². The van der Waals surface area contributed by atoms with E-state index in [0.29, 0.717) is 11.4 Å². The van der Waals surface area contributed by atoms with Gasteiger partial charge in [-0.15, -0.1) is 0 Å². The van der Waals surface area contributed by atoms with Crippen LogP contribution in [0.1, 0.15) is 28.3 Å². The van der Waals surface area contributed by atoms with Gasteiger partial charge in [-0.25, -0.2) is 13.1 Å². The van der Waals surface area contributed by atoms with E-state index in [4.69, 9.17) is 0 Å². The molecule has 1 atom stereocenters. The summed E-state index contributed by atoms with van der Waals surface area (Å²) in [5, 5.41) is 0. The molecule has 1 aliphatic heterocycles. The lowest BCUT2D eigenvalue weighted by atomic mass is 10.1. The lowest BCUT2D eigenvalue weighted by Crippen LogP contribution is -3.15. The molecule has 0 amide bonds. The third-order valence-electron chi connectivity index (χ3n) is 6.46. The monoisotopic (exact) mass is 465 g/mol. The third kappa shape index (κ3) is 5.43. The number of quaternary nitrogens is 1. The summed E-state index contributed by atoms with van der Waals surface area (Å²) in [6.07, 6.45) is 3.62. The first-order valence-electron chi connectivity index (χ1n) is 11.5. The molecular weight excluding hydrogens is 432 g/mol. The van der Waals surface area contributed by atoms with Gasteiger partial charge in [-0.05, 0) is 56.2 Å². The van der Waals surface area contributed by atoms with Gasteiger partial charge in [-0.1, -0.05) is 35.9 Å². The molecule has 0 radical (unpaired) electrons. The predicted molar refractivity (Wildman–Crippen MR) is 132 cm³/mol. The van der Waals surface area contributed by atoms with Gasteiger partial charge in [0.15, 0.2) is 0 Å². The fraction of sp³-hybridized carbons (Fsp3) is 0.346. The summed E-state index contributed by atoms with van der Waals surface area (Å²) < 4.78 is 29.5. The number of sulfonamides is 1. The zero-order valence-corrected chi connectivity index (χ0v) is 20.4. The van der Waals surface area contributed by atoms with Crippen molar-refractivity contribution < 1.29 is 13.3 Å². The van der Waals surface area contributed by atoms with Crippen molar-refractivity contribution in [1.29, 1.82) is 0 Å². The van der Waals surface area contributed by atoms with Crippen LogP contribution in [0.3, 0.4) is 0 Å². The molecule has 2 aromatic carbocycles. The van der Waals surface area contributed by atoms with E-state index in [1.165, 1.54) is 10.6 Å². The Kier molecular flexibility index (Phi) is 7.12. The quantitative estimate of drug-likeness (QED) is 0.563. The minimum Gasteiger partial charge on any atom is -0.360 e. The second kappa shape index (κ2) is 10.0. The lowest BCUT2D eigenvalue weighted by Gasteiger charge is -2.37. The van der Waals surface area contributed by atoms with E-state index in [9.17, 15) is 8.42 Å². The molecule has 1 aromatic heterocycles. The van der Waals surface area contributed by atoms with Crippen molar-refractivity contribution >= 4 is 15.7 Å². The van der Waals surface area contributed by atoms with Gasteiger partial charge in [0.1, 0.15) is 6.04 Å². The molecule has 4 rings (SSSR count). The molecule has 0 aliphatic carbocycles. The van der Waals surface area contributed by atoms with Crippen LogP contribution in [0.25, 0.3) is 0 Å². The Hall–Kier alpha value is -2.74. The fourth-order valence-corrected chi connectivity index (χ4v) is 6.47. The third-order valence-corrected chi connectivity index (χ3v) is 8.19. The average molecular weight is 466 g/mol. The topological polar surface area (TPSA) is 66.7 Å². The molecular formula is C26H33N4O2S+. The second-order valence-corrected chi connectivity index (χ2v) is 10.6. The summed E-state index contributed by atoms with van der Waals surface area (Å²) in [5.41, 5.74) is 4.92. The maximum Gasteiger partial charge on any atom is 0.241 e. The number of benzene rings is 2. The van der Waals surface area contributed by atoms with Crippen LogP contribution in [-0.4, -0.2) is 46.1 Å². The molecule has 1 saturated heterocycles. The molecule has 3 aromatic rings. The van der Waals surface area contributed by atoms with Crippen LogP contribution >= 0.6 is 0 Å².